The first-order chi connectivity index (χ1) is 22.5. The van der Waals surface area contributed by atoms with Crippen LogP contribution in [0, 0.1) is 17.2 Å². The molecule has 0 bridgehead atoms. The third-order valence-electron chi connectivity index (χ3n) is 9.00. The molecule has 17 heteroatoms. The fourth-order valence-corrected chi connectivity index (χ4v) is 8.98. The Balaban J connectivity index is 1.63. The summed E-state index contributed by atoms with van der Waals surface area (Å²) in [6.07, 6.45) is -1.24. The molecular formula is C31H44F2N8O4S2Si. The largest absolute Gasteiger partial charge is 0.368 e. The van der Waals surface area contributed by atoms with E-state index in [1.165, 1.54) is 6.07 Å². The minimum absolute atomic E-state index is 0.0636. The molecule has 2 aromatic heterocycles. The molecule has 2 aliphatic rings. The molecule has 3 heterocycles. The van der Waals surface area contributed by atoms with Crippen molar-refractivity contribution in [1.82, 2.24) is 29.2 Å². The zero-order valence-corrected chi connectivity index (χ0v) is 31.2. The third kappa shape index (κ3) is 7.13. The molecule has 12 nitrogen and oxygen atoms in total. The van der Waals surface area contributed by atoms with Crippen molar-refractivity contribution in [1.29, 1.82) is 5.26 Å². The van der Waals surface area contributed by atoms with E-state index in [1.54, 1.807) is 17.8 Å². The monoisotopic (exact) mass is 722 g/mol. The first-order valence-corrected chi connectivity index (χ1v) is 22.2. The van der Waals surface area contributed by atoms with Crippen LogP contribution in [0.5, 0.6) is 0 Å². The van der Waals surface area contributed by atoms with Crippen molar-refractivity contribution in [3.8, 4) is 16.8 Å². The Hall–Kier alpha value is -3.04. The van der Waals surface area contributed by atoms with Crippen LogP contribution in [-0.2, 0) is 26.6 Å². The highest BCUT2D eigenvalue weighted by atomic mass is 32.2. The number of aromatic nitrogens is 4. The Kier molecular flexibility index (Phi) is 10.3. The van der Waals surface area contributed by atoms with Gasteiger partial charge in [0, 0.05) is 52.7 Å². The van der Waals surface area contributed by atoms with Crippen LogP contribution in [0.4, 0.5) is 14.5 Å². The molecule has 1 saturated heterocycles. The van der Waals surface area contributed by atoms with Crippen LogP contribution in [-0.4, -0.2) is 96.1 Å². The van der Waals surface area contributed by atoms with Gasteiger partial charge in [0.25, 0.3) is 6.43 Å². The van der Waals surface area contributed by atoms with Crippen molar-refractivity contribution in [2.24, 2.45) is 13.0 Å². The number of aryl methyl sites for hydroxylation is 1. The van der Waals surface area contributed by atoms with Crippen molar-refractivity contribution >= 4 is 51.9 Å². The molecule has 5 rings (SSSR count). The summed E-state index contributed by atoms with van der Waals surface area (Å²) in [4.78, 5) is 16.7. The molecule has 0 radical (unpaired) electrons. The fourth-order valence-electron chi connectivity index (χ4n) is 5.85. The molecule has 1 aliphatic heterocycles. The van der Waals surface area contributed by atoms with Gasteiger partial charge in [0.2, 0.25) is 15.9 Å². The summed E-state index contributed by atoms with van der Waals surface area (Å²) in [5.74, 6) is -0.0877. The number of carbonyl (C=O) groups excluding carboxylic acids is 1. The summed E-state index contributed by atoms with van der Waals surface area (Å²) in [5.41, 5.74) is 0.147. The normalized spacial score (nSPS) is 17.7. The van der Waals surface area contributed by atoms with Crippen LogP contribution < -0.4 is 4.90 Å². The number of hydrogen-bond acceptors (Lipinski definition) is 10. The van der Waals surface area contributed by atoms with Gasteiger partial charge in [-0.1, -0.05) is 44.8 Å². The first kappa shape index (κ1) is 36.2. The summed E-state index contributed by atoms with van der Waals surface area (Å²) in [7, 11) is -4.07. The van der Waals surface area contributed by atoms with Gasteiger partial charge in [-0.2, -0.15) is 14.7 Å². The van der Waals surface area contributed by atoms with Gasteiger partial charge in [0.05, 0.1) is 28.2 Å². The number of amides is 1. The maximum atomic E-state index is 14.6. The minimum atomic E-state index is -4.32. The Morgan fingerprint density at radius 3 is 2.48 bits per heavy atom. The van der Waals surface area contributed by atoms with E-state index in [2.05, 4.69) is 41.0 Å². The van der Waals surface area contributed by atoms with Crippen molar-refractivity contribution in [3.63, 3.8) is 0 Å². The highest BCUT2D eigenvalue weighted by molar-refractivity contribution is 7.89. The number of likely N-dealkylation sites (tertiary alicyclic amines) is 1. The quantitative estimate of drug-likeness (QED) is 0.114. The molecular weight excluding hydrogens is 679 g/mol. The Bertz CT molecular complexity index is 1810. The average Bonchev–Trinajstić information content (AvgIpc) is 3.48. The zero-order valence-electron chi connectivity index (χ0n) is 28.5. The van der Waals surface area contributed by atoms with E-state index in [-0.39, 0.29) is 40.2 Å². The van der Waals surface area contributed by atoms with Crippen molar-refractivity contribution in [2.75, 3.05) is 37.9 Å². The molecule has 0 N–H and O–H groups in total. The molecule has 1 unspecified atom stereocenters. The molecule has 3 aromatic rings. The average molecular weight is 723 g/mol. The molecule has 1 saturated carbocycles. The van der Waals surface area contributed by atoms with Gasteiger partial charge in [-0.15, -0.1) is 10.2 Å². The third-order valence-corrected chi connectivity index (χ3v) is 13.5. The maximum absolute atomic E-state index is 14.6. The number of fused-ring (bicyclic) bond motifs is 1. The second-order valence-electron chi connectivity index (χ2n) is 14.1. The molecule has 2 fully saturated rings. The molecule has 262 valence electrons. The van der Waals surface area contributed by atoms with Gasteiger partial charge < -0.3 is 14.5 Å². The first-order valence-electron chi connectivity index (χ1n) is 16.2. The number of nitrogens with zero attached hydrogens (tertiary/aromatic N) is 8. The summed E-state index contributed by atoms with van der Waals surface area (Å²) in [6, 6.07) is 6.05. The number of sulfonamides is 1. The van der Waals surface area contributed by atoms with E-state index in [0.29, 0.717) is 67.0 Å². The van der Waals surface area contributed by atoms with Crippen LogP contribution in [0.25, 0.3) is 21.6 Å². The van der Waals surface area contributed by atoms with Gasteiger partial charge in [-0.3, -0.25) is 9.48 Å². The Labute approximate surface area is 285 Å². The van der Waals surface area contributed by atoms with E-state index < -0.39 is 35.1 Å². The SMILES string of the molecule is CCN(CC1CCN1C(=O)C(C)C)c1cc(S(=O)(=O)N(COCC[Si](C)(C)C)C2(C#N)CC2)cc2c(-c3nnc(C(F)F)s3)nn(C)c12. The second kappa shape index (κ2) is 13.7. The highest BCUT2D eigenvalue weighted by Gasteiger charge is 2.54. The number of halogens is 2. The predicted octanol–water partition coefficient (Wildman–Crippen LogP) is 5.47. The predicted molar refractivity (Wildman–Crippen MR) is 183 cm³/mol. The van der Waals surface area contributed by atoms with Crippen molar-refractivity contribution in [3.05, 3.63) is 17.1 Å². The lowest BCUT2D eigenvalue weighted by Gasteiger charge is -2.44. The number of ether oxygens (including phenoxy) is 1. The van der Waals surface area contributed by atoms with Crippen LogP contribution in [0.3, 0.4) is 0 Å². The molecule has 48 heavy (non-hydrogen) atoms. The second-order valence-corrected chi connectivity index (χ2v) is 22.6. The molecule has 1 amide bonds. The Morgan fingerprint density at radius 1 is 1.25 bits per heavy atom. The maximum Gasteiger partial charge on any atom is 0.291 e. The van der Waals surface area contributed by atoms with Crippen molar-refractivity contribution < 1.29 is 26.7 Å². The van der Waals surface area contributed by atoms with Gasteiger partial charge in [0.15, 0.2) is 10.0 Å². The number of anilines is 1. The number of likely N-dealkylation sites (N-methyl/N-ethyl adjacent to an activating group) is 1. The Morgan fingerprint density at radius 2 is 1.96 bits per heavy atom. The van der Waals surface area contributed by atoms with Gasteiger partial charge in [0.1, 0.15) is 18.0 Å². The van der Waals surface area contributed by atoms with E-state index in [9.17, 15) is 27.3 Å². The van der Waals surface area contributed by atoms with Crippen LogP contribution in [0.1, 0.15) is 51.5 Å². The molecule has 0 spiro atoms. The topological polar surface area (TPSA) is 138 Å². The number of hydrogen-bond donors (Lipinski definition) is 0. The molecule has 1 atom stereocenters. The number of carbonyl (C=O) groups is 1. The van der Waals surface area contributed by atoms with E-state index in [4.69, 9.17) is 4.74 Å². The van der Waals surface area contributed by atoms with E-state index in [1.807, 2.05) is 30.6 Å². The number of alkyl halides is 2. The van der Waals surface area contributed by atoms with Crippen molar-refractivity contribution in [2.45, 2.75) is 88.6 Å². The number of benzene rings is 1. The van der Waals surface area contributed by atoms with Gasteiger partial charge >= 0.3 is 0 Å². The highest BCUT2D eigenvalue weighted by Crippen LogP contribution is 2.46. The lowest BCUT2D eigenvalue weighted by molar-refractivity contribution is -0.141. The van der Waals surface area contributed by atoms with Crippen LogP contribution in [0.15, 0.2) is 17.0 Å². The summed E-state index contributed by atoms with van der Waals surface area (Å²) in [6.45, 7) is 14.0. The fraction of sp³-hybridized carbons (Fsp3) is 0.645. The van der Waals surface area contributed by atoms with E-state index in [0.717, 1.165) is 16.8 Å². The summed E-state index contributed by atoms with van der Waals surface area (Å²) >= 11 is 0.699. The van der Waals surface area contributed by atoms with Crippen LogP contribution in [0.2, 0.25) is 25.7 Å². The summed E-state index contributed by atoms with van der Waals surface area (Å²) in [5, 5.41) is 22.4. The zero-order chi connectivity index (χ0) is 35.2. The number of nitriles is 1. The lowest BCUT2D eigenvalue weighted by atomic mass is 9.99. The number of rotatable bonds is 15. The smallest absolute Gasteiger partial charge is 0.291 e. The standard InChI is InChI=1S/C31H44F2N8O4S2Si/c1-8-39(17-21-9-12-40(21)30(42)20(2)3)24-16-22(15-23-25(37-38(4)26(23)24)28-35-36-29(46-28)27(32)33)47(43,44)41(31(18-34)10-11-31)19-45-13-14-48(5,6)7/h15-16,20-21,27H,8-14,17,19H2,1-7H3. The molecule has 1 aromatic carbocycles. The van der Waals surface area contributed by atoms with Gasteiger partial charge in [-0.05, 0) is 44.4 Å². The van der Waals surface area contributed by atoms with Gasteiger partial charge in [-0.25, -0.2) is 17.2 Å². The summed E-state index contributed by atoms with van der Waals surface area (Å²) < 4.78 is 64.9. The van der Waals surface area contributed by atoms with Crippen LogP contribution >= 0.6 is 11.3 Å². The lowest BCUT2D eigenvalue weighted by Crippen LogP contribution is -2.57. The van der Waals surface area contributed by atoms with E-state index >= 15 is 0 Å². The molecule has 1 aliphatic carbocycles. The minimum Gasteiger partial charge on any atom is -0.368 e.